The Bertz CT molecular complexity index is 1240. The second-order valence-corrected chi connectivity index (χ2v) is 7.95. The Morgan fingerprint density at radius 2 is 1.32 bits per heavy atom. The van der Waals surface area contributed by atoms with Gasteiger partial charge in [0.1, 0.15) is 0 Å². The summed E-state index contributed by atoms with van der Waals surface area (Å²) in [6, 6.07) is 28.3. The minimum absolute atomic E-state index is 0. The van der Waals surface area contributed by atoms with E-state index in [4.69, 9.17) is 4.74 Å². The molecular formula is C28H25N2NaO3. The maximum atomic E-state index is 13.6. The minimum Gasteiger partial charge on any atom is -0.858 e. The van der Waals surface area contributed by atoms with E-state index in [2.05, 4.69) is 5.10 Å². The van der Waals surface area contributed by atoms with Gasteiger partial charge >= 0.3 is 35.5 Å². The largest absolute Gasteiger partial charge is 1.00 e. The molecule has 0 aliphatic rings. The van der Waals surface area contributed by atoms with E-state index in [1.165, 1.54) is 4.68 Å². The Morgan fingerprint density at radius 3 is 1.79 bits per heavy atom. The summed E-state index contributed by atoms with van der Waals surface area (Å²) < 4.78 is 6.98. The molecule has 0 saturated carbocycles. The van der Waals surface area contributed by atoms with E-state index in [1.807, 2.05) is 91.0 Å². The van der Waals surface area contributed by atoms with Gasteiger partial charge in [-0.3, -0.25) is 0 Å². The van der Waals surface area contributed by atoms with Gasteiger partial charge < -0.3 is 9.84 Å². The third-order valence-electron chi connectivity index (χ3n) is 5.19. The standard InChI is InChI=1S/C28H26N2O3.Na/c1-19(2)33-28(32)26(24-20(3)29-30(27(24)31)23-17-11-6-12-18-23)25(21-13-7-4-8-14-21)22-15-9-5-10-16-22;/h4-19,31H,1-3H3;/q;+1/p-1. The fraction of sp³-hybridized carbons (Fsp3) is 0.143. The number of carbonyl (C=O) groups is 1. The molecule has 1 aromatic heterocycles. The van der Waals surface area contributed by atoms with E-state index >= 15 is 0 Å². The maximum Gasteiger partial charge on any atom is 1.00 e. The van der Waals surface area contributed by atoms with Crippen LogP contribution in [0.1, 0.15) is 36.2 Å². The number of hydrogen-bond acceptors (Lipinski definition) is 4. The van der Waals surface area contributed by atoms with Crippen LogP contribution in [0, 0.1) is 6.92 Å². The predicted octanol–water partition coefficient (Wildman–Crippen LogP) is 2.17. The molecule has 6 heteroatoms. The van der Waals surface area contributed by atoms with Gasteiger partial charge in [-0.2, -0.15) is 5.10 Å². The number of esters is 1. The SMILES string of the molecule is Cc1nn(-c2ccccc2)c([O-])c1C(C(=O)OC(C)C)=C(c1ccccc1)c1ccccc1.[Na+]. The van der Waals surface area contributed by atoms with Crippen LogP contribution in [0.5, 0.6) is 5.88 Å². The molecule has 0 aliphatic heterocycles. The monoisotopic (exact) mass is 460 g/mol. The predicted molar refractivity (Wildman–Crippen MR) is 128 cm³/mol. The summed E-state index contributed by atoms with van der Waals surface area (Å²) in [5.74, 6) is -0.917. The zero-order valence-electron chi connectivity index (χ0n) is 19.9. The molecule has 1 heterocycles. The van der Waals surface area contributed by atoms with Gasteiger partial charge in [-0.15, -0.1) is 0 Å². The Kier molecular flexibility index (Phi) is 8.51. The molecule has 0 aliphatic carbocycles. The molecule has 0 radical (unpaired) electrons. The summed E-state index contributed by atoms with van der Waals surface area (Å²) in [5.41, 5.74) is 3.81. The molecule has 166 valence electrons. The molecule has 34 heavy (non-hydrogen) atoms. The van der Waals surface area contributed by atoms with Crippen molar-refractivity contribution in [3.8, 4) is 11.6 Å². The zero-order chi connectivity index (χ0) is 23.4. The molecule has 0 saturated heterocycles. The summed E-state index contributed by atoms with van der Waals surface area (Å²) in [4.78, 5) is 13.5. The summed E-state index contributed by atoms with van der Waals surface area (Å²) in [6.07, 6.45) is -0.347. The zero-order valence-corrected chi connectivity index (χ0v) is 21.9. The number of nitrogens with zero attached hydrogens (tertiary/aromatic N) is 2. The fourth-order valence-electron chi connectivity index (χ4n) is 3.81. The molecular weight excluding hydrogens is 435 g/mol. The van der Waals surface area contributed by atoms with E-state index in [0.717, 1.165) is 11.1 Å². The molecule has 0 bridgehead atoms. The van der Waals surface area contributed by atoms with Gasteiger partial charge in [-0.25, -0.2) is 9.48 Å². The van der Waals surface area contributed by atoms with Gasteiger partial charge in [0.2, 0.25) is 0 Å². The minimum atomic E-state index is -0.555. The van der Waals surface area contributed by atoms with E-state index < -0.39 is 5.97 Å². The van der Waals surface area contributed by atoms with Crippen molar-refractivity contribution in [2.24, 2.45) is 0 Å². The average Bonchev–Trinajstić information content (AvgIpc) is 3.12. The third-order valence-corrected chi connectivity index (χ3v) is 5.19. The molecule has 0 spiro atoms. The number of benzene rings is 3. The average molecular weight is 461 g/mol. The normalized spacial score (nSPS) is 10.5. The van der Waals surface area contributed by atoms with Crippen LogP contribution < -0.4 is 34.7 Å². The number of rotatable bonds is 6. The van der Waals surface area contributed by atoms with Gasteiger partial charge in [0.05, 0.1) is 23.1 Å². The number of aryl methyl sites for hydroxylation is 1. The fourth-order valence-corrected chi connectivity index (χ4v) is 3.81. The third kappa shape index (κ3) is 5.33. The van der Waals surface area contributed by atoms with E-state index in [0.29, 0.717) is 17.0 Å². The smallest absolute Gasteiger partial charge is 0.858 e. The Balaban J connectivity index is 0.00000324. The molecule has 3 aromatic carbocycles. The molecule has 0 fully saturated rings. The topological polar surface area (TPSA) is 67.2 Å². The Labute approximate surface area is 222 Å². The van der Waals surface area contributed by atoms with Crippen LogP contribution in [-0.4, -0.2) is 21.9 Å². The van der Waals surface area contributed by atoms with Crippen LogP contribution in [0.3, 0.4) is 0 Å². The molecule has 0 unspecified atom stereocenters. The number of para-hydroxylation sites is 1. The van der Waals surface area contributed by atoms with Crippen molar-refractivity contribution in [3.63, 3.8) is 0 Å². The summed E-state index contributed by atoms with van der Waals surface area (Å²) >= 11 is 0. The number of ether oxygens (including phenoxy) is 1. The first-order valence-electron chi connectivity index (χ1n) is 10.9. The van der Waals surface area contributed by atoms with Crippen molar-refractivity contribution in [1.29, 1.82) is 0 Å². The van der Waals surface area contributed by atoms with Crippen LogP contribution in [0.4, 0.5) is 0 Å². The molecule has 0 N–H and O–H groups in total. The number of aromatic nitrogens is 2. The quantitative estimate of drug-likeness (QED) is 0.251. The first-order chi connectivity index (χ1) is 16.0. The van der Waals surface area contributed by atoms with E-state index in [-0.39, 0.29) is 52.7 Å². The first kappa shape index (κ1) is 25.5. The summed E-state index contributed by atoms with van der Waals surface area (Å²) in [6.45, 7) is 5.32. The molecule has 5 nitrogen and oxygen atoms in total. The Morgan fingerprint density at radius 1 is 0.853 bits per heavy atom. The Hall–Kier alpha value is -3.12. The van der Waals surface area contributed by atoms with Crippen molar-refractivity contribution in [3.05, 3.63) is 113 Å². The second kappa shape index (κ2) is 11.3. The van der Waals surface area contributed by atoms with Crippen molar-refractivity contribution < 1.29 is 44.2 Å². The number of carbonyl (C=O) groups excluding carboxylic acids is 1. The van der Waals surface area contributed by atoms with Crippen molar-refractivity contribution in [1.82, 2.24) is 9.78 Å². The van der Waals surface area contributed by atoms with Crippen LogP contribution >= 0.6 is 0 Å². The van der Waals surface area contributed by atoms with Crippen LogP contribution in [0.25, 0.3) is 16.8 Å². The van der Waals surface area contributed by atoms with Gasteiger partial charge in [-0.05, 0) is 49.9 Å². The summed E-state index contributed by atoms with van der Waals surface area (Å²) in [7, 11) is 0. The molecule has 4 aromatic rings. The summed E-state index contributed by atoms with van der Waals surface area (Å²) in [5, 5.41) is 18.1. The van der Waals surface area contributed by atoms with Crippen LogP contribution in [0.15, 0.2) is 91.0 Å². The van der Waals surface area contributed by atoms with Crippen molar-refractivity contribution >= 4 is 17.1 Å². The molecule has 4 rings (SSSR count). The molecule has 0 atom stereocenters. The van der Waals surface area contributed by atoms with Crippen LogP contribution in [-0.2, 0) is 9.53 Å². The van der Waals surface area contributed by atoms with E-state index in [1.54, 1.807) is 20.8 Å². The van der Waals surface area contributed by atoms with Crippen LogP contribution in [0.2, 0.25) is 0 Å². The van der Waals surface area contributed by atoms with Gasteiger partial charge in [-0.1, -0.05) is 78.9 Å². The number of hydrogen-bond donors (Lipinski definition) is 0. The van der Waals surface area contributed by atoms with Crippen molar-refractivity contribution in [2.75, 3.05) is 0 Å². The first-order valence-corrected chi connectivity index (χ1v) is 10.9. The molecule has 0 amide bonds. The van der Waals surface area contributed by atoms with Gasteiger partial charge in [0, 0.05) is 11.1 Å². The maximum absolute atomic E-state index is 13.6. The van der Waals surface area contributed by atoms with Gasteiger partial charge in [0.15, 0.2) is 0 Å². The van der Waals surface area contributed by atoms with E-state index in [9.17, 15) is 9.90 Å². The van der Waals surface area contributed by atoms with Gasteiger partial charge in [0.25, 0.3) is 0 Å². The second-order valence-electron chi connectivity index (χ2n) is 7.95. The van der Waals surface area contributed by atoms with Crippen molar-refractivity contribution in [2.45, 2.75) is 26.9 Å².